The first-order chi connectivity index (χ1) is 10.9. The SMILES string of the molecule is CC(C)(C)c1ccc(OCCNC(=O)C2(C#N)CCCC2)cc1. The van der Waals surface area contributed by atoms with Crippen molar-refractivity contribution in [1.29, 1.82) is 5.26 Å². The van der Waals surface area contributed by atoms with Crippen molar-refractivity contribution in [3.8, 4) is 11.8 Å². The Morgan fingerprint density at radius 2 is 1.87 bits per heavy atom. The largest absolute Gasteiger partial charge is 0.492 e. The summed E-state index contributed by atoms with van der Waals surface area (Å²) in [5.41, 5.74) is 0.573. The van der Waals surface area contributed by atoms with E-state index in [1.54, 1.807) is 0 Å². The van der Waals surface area contributed by atoms with Crippen molar-refractivity contribution in [2.45, 2.75) is 51.9 Å². The molecular weight excluding hydrogens is 288 g/mol. The Balaban J connectivity index is 1.77. The molecule has 0 atom stereocenters. The number of amides is 1. The van der Waals surface area contributed by atoms with Crippen LogP contribution in [0.3, 0.4) is 0 Å². The number of carbonyl (C=O) groups is 1. The molecule has 2 rings (SSSR count). The lowest BCUT2D eigenvalue weighted by molar-refractivity contribution is -0.128. The zero-order chi connectivity index (χ0) is 16.9. The van der Waals surface area contributed by atoms with Crippen LogP contribution in [0.15, 0.2) is 24.3 Å². The van der Waals surface area contributed by atoms with Gasteiger partial charge >= 0.3 is 0 Å². The zero-order valence-electron chi connectivity index (χ0n) is 14.3. The second kappa shape index (κ2) is 7.04. The smallest absolute Gasteiger partial charge is 0.240 e. The number of hydrogen-bond donors (Lipinski definition) is 1. The van der Waals surface area contributed by atoms with Crippen LogP contribution in [0, 0.1) is 16.7 Å². The lowest BCUT2D eigenvalue weighted by Crippen LogP contribution is -2.40. The predicted molar refractivity (Wildman–Crippen MR) is 90.2 cm³/mol. The molecule has 4 heteroatoms. The molecule has 0 spiro atoms. The maximum Gasteiger partial charge on any atom is 0.240 e. The molecule has 1 fully saturated rings. The molecule has 0 heterocycles. The quantitative estimate of drug-likeness (QED) is 0.845. The normalized spacial score (nSPS) is 16.6. The molecular formula is C19H26N2O2. The van der Waals surface area contributed by atoms with Gasteiger partial charge in [-0.1, -0.05) is 45.7 Å². The summed E-state index contributed by atoms with van der Waals surface area (Å²) < 4.78 is 5.66. The van der Waals surface area contributed by atoms with E-state index in [1.165, 1.54) is 5.56 Å². The van der Waals surface area contributed by atoms with Crippen molar-refractivity contribution >= 4 is 5.91 Å². The first-order valence-electron chi connectivity index (χ1n) is 8.30. The monoisotopic (exact) mass is 314 g/mol. The molecule has 0 saturated heterocycles. The zero-order valence-corrected chi connectivity index (χ0v) is 14.3. The summed E-state index contributed by atoms with van der Waals surface area (Å²) in [6.45, 7) is 7.34. The molecule has 23 heavy (non-hydrogen) atoms. The molecule has 1 aromatic rings. The molecule has 124 valence electrons. The van der Waals surface area contributed by atoms with Gasteiger partial charge in [0.25, 0.3) is 0 Å². The van der Waals surface area contributed by atoms with Crippen molar-refractivity contribution in [1.82, 2.24) is 5.32 Å². The van der Waals surface area contributed by atoms with E-state index < -0.39 is 5.41 Å². The molecule has 1 aliphatic carbocycles. The first kappa shape index (κ1) is 17.3. The van der Waals surface area contributed by atoms with Crippen LogP contribution in [0.5, 0.6) is 5.75 Å². The van der Waals surface area contributed by atoms with E-state index in [-0.39, 0.29) is 11.3 Å². The van der Waals surface area contributed by atoms with Gasteiger partial charge < -0.3 is 10.1 Å². The number of nitrogens with one attached hydrogen (secondary N) is 1. The van der Waals surface area contributed by atoms with Crippen molar-refractivity contribution in [2.75, 3.05) is 13.2 Å². The minimum Gasteiger partial charge on any atom is -0.492 e. The summed E-state index contributed by atoms with van der Waals surface area (Å²) in [7, 11) is 0. The number of carbonyl (C=O) groups excluding carboxylic acids is 1. The van der Waals surface area contributed by atoms with Gasteiger partial charge in [0.2, 0.25) is 5.91 Å². The molecule has 0 radical (unpaired) electrons. The van der Waals surface area contributed by atoms with Crippen molar-refractivity contribution in [3.05, 3.63) is 29.8 Å². The topological polar surface area (TPSA) is 62.1 Å². The molecule has 0 aliphatic heterocycles. The molecule has 0 unspecified atom stereocenters. The molecule has 1 aromatic carbocycles. The van der Waals surface area contributed by atoms with Crippen molar-refractivity contribution < 1.29 is 9.53 Å². The Morgan fingerprint density at radius 3 is 2.39 bits per heavy atom. The third-order valence-electron chi connectivity index (χ3n) is 4.48. The highest BCUT2D eigenvalue weighted by molar-refractivity contribution is 5.85. The fourth-order valence-electron chi connectivity index (χ4n) is 2.92. The van der Waals surface area contributed by atoms with Crippen LogP contribution >= 0.6 is 0 Å². The van der Waals surface area contributed by atoms with Gasteiger partial charge in [-0.25, -0.2) is 0 Å². The molecule has 1 amide bonds. The average molecular weight is 314 g/mol. The molecule has 0 bridgehead atoms. The van der Waals surface area contributed by atoms with Crippen molar-refractivity contribution in [2.24, 2.45) is 5.41 Å². The predicted octanol–water partition coefficient (Wildman–Crippen LogP) is 3.56. The average Bonchev–Trinajstić information content (AvgIpc) is 3.01. The Bertz CT molecular complexity index is 573. The van der Waals surface area contributed by atoms with E-state index in [9.17, 15) is 10.1 Å². The van der Waals surface area contributed by atoms with E-state index in [2.05, 4.69) is 44.3 Å². The van der Waals surface area contributed by atoms with Crippen LogP contribution in [0.25, 0.3) is 0 Å². The minimum absolute atomic E-state index is 0.124. The number of hydrogen-bond acceptors (Lipinski definition) is 3. The highest BCUT2D eigenvalue weighted by Crippen LogP contribution is 2.37. The molecule has 1 aliphatic rings. The third kappa shape index (κ3) is 4.25. The Labute approximate surface area is 138 Å². The summed E-state index contributed by atoms with van der Waals surface area (Å²) in [6, 6.07) is 10.2. The Morgan fingerprint density at radius 1 is 1.26 bits per heavy atom. The summed E-state index contributed by atoms with van der Waals surface area (Å²) in [5.74, 6) is 0.646. The first-order valence-corrected chi connectivity index (χ1v) is 8.30. The lowest BCUT2D eigenvalue weighted by atomic mass is 9.87. The van der Waals surface area contributed by atoms with E-state index in [1.807, 2.05) is 12.1 Å². The van der Waals surface area contributed by atoms with Crippen molar-refractivity contribution in [3.63, 3.8) is 0 Å². The van der Waals surface area contributed by atoms with Crippen LogP contribution < -0.4 is 10.1 Å². The number of nitrogens with zero attached hydrogens (tertiary/aromatic N) is 1. The van der Waals surface area contributed by atoms with Gasteiger partial charge in [0, 0.05) is 0 Å². The van der Waals surface area contributed by atoms with Crippen LogP contribution in [0.2, 0.25) is 0 Å². The number of rotatable bonds is 5. The maximum absolute atomic E-state index is 12.2. The summed E-state index contributed by atoms with van der Waals surface area (Å²) in [6.07, 6.45) is 3.25. The fourth-order valence-corrected chi connectivity index (χ4v) is 2.92. The Hall–Kier alpha value is -2.02. The number of ether oxygens (including phenoxy) is 1. The van der Waals surface area contributed by atoms with Gasteiger partial charge in [0.1, 0.15) is 17.8 Å². The van der Waals surface area contributed by atoms with E-state index in [0.717, 1.165) is 18.6 Å². The van der Waals surface area contributed by atoms with Gasteiger partial charge in [-0.2, -0.15) is 5.26 Å². The fraction of sp³-hybridized carbons (Fsp3) is 0.579. The molecule has 4 nitrogen and oxygen atoms in total. The summed E-state index contributed by atoms with van der Waals surface area (Å²) in [5, 5.41) is 12.1. The van der Waals surface area contributed by atoms with E-state index in [4.69, 9.17) is 4.74 Å². The van der Waals surface area contributed by atoms with Crippen LogP contribution in [0.4, 0.5) is 0 Å². The maximum atomic E-state index is 12.2. The van der Waals surface area contributed by atoms with Crippen LogP contribution in [-0.2, 0) is 10.2 Å². The molecule has 0 aromatic heterocycles. The highest BCUT2D eigenvalue weighted by atomic mass is 16.5. The van der Waals surface area contributed by atoms with Crippen LogP contribution in [-0.4, -0.2) is 19.1 Å². The van der Waals surface area contributed by atoms with Gasteiger partial charge in [-0.15, -0.1) is 0 Å². The highest BCUT2D eigenvalue weighted by Gasteiger charge is 2.41. The second-order valence-corrected chi connectivity index (χ2v) is 7.28. The molecule has 1 saturated carbocycles. The lowest BCUT2D eigenvalue weighted by Gasteiger charge is -2.20. The van der Waals surface area contributed by atoms with Gasteiger partial charge in [0.05, 0.1) is 12.6 Å². The summed E-state index contributed by atoms with van der Waals surface area (Å²) in [4.78, 5) is 12.2. The van der Waals surface area contributed by atoms with Crippen LogP contribution in [0.1, 0.15) is 52.0 Å². The second-order valence-electron chi connectivity index (χ2n) is 7.28. The van der Waals surface area contributed by atoms with E-state index in [0.29, 0.717) is 26.0 Å². The van der Waals surface area contributed by atoms with Gasteiger partial charge in [-0.3, -0.25) is 4.79 Å². The number of benzene rings is 1. The minimum atomic E-state index is -0.811. The van der Waals surface area contributed by atoms with E-state index >= 15 is 0 Å². The summed E-state index contributed by atoms with van der Waals surface area (Å²) >= 11 is 0. The third-order valence-corrected chi connectivity index (χ3v) is 4.48. The number of nitriles is 1. The van der Waals surface area contributed by atoms with Gasteiger partial charge in [-0.05, 0) is 36.0 Å². The molecule has 1 N–H and O–H groups in total. The standard InChI is InChI=1S/C19H26N2O2/c1-18(2,3)15-6-8-16(9-7-15)23-13-12-21-17(22)19(14-20)10-4-5-11-19/h6-9H,4-5,10-13H2,1-3H3,(H,21,22). The Kier molecular flexibility index (Phi) is 5.30. The van der Waals surface area contributed by atoms with Gasteiger partial charge in [0.15, 0.2) is 0 Å².